The lowest BCUT2D eigenvalue weighted by Gasteiger charge is -2.44. The monoisotopic (exact) mass is 747 g/mol. The predicted octanol–water partition coefficient (Wildman–Crippen LogP) is 9.62. The molecule has 3 aliphatic carbocycles. The van der Waals surface area contributed by atoms with Crippen LogP contribution in [-0.4, -0.2) is 40.1 Å². The topological polar surface area (TPSA) is 62.5 Å². The molecule has 2 unspecified atom stereocenters. The van der Waals surface area contributed by atoms with Crippen LogP contribution in [0.5, 0.6) is 0 Å². The van der Waals surface area contributed by atoms with Gasteiger partial charge in [0.1, 0.15) is 0 Å². The molecule has 44 heavy (non-hydrogen) atoms. The molecule has 1 aromatic carbocycles. The van der Waals surface area contributed by atoms with Crippen LogP contribution < -0.4 is 0 Å². The number of fused-ring (bicyclic) bond motifs is 3. The van der Waals surface area contributed by atoms with Crippen molar-refractivity contribution >= 4 is 39.2 Å². The van der Waals surface area contributed by atoms with Gasteiger partial charge in [-0.15, -0.1) is 6.58 Å². The van der Waals surface area contributed by atoms with Crippen molar-refractivity contribution in [2.75, 3.05) is 0 Å². The lowest BCUT2D eigenvalue weighted by Crippen LogP contribution is -2.49. The normalized spacial score (nSPS) is 32.7. The van der Waals surface area contributed by atoms with Crippen LogP contribution in [0.4, 0.5) is 0 Å². The second kappa shape index (κ2) is 14.2. The number of halogens is 1. The van der Waals surface area contributed by atoms with E-state index in [1.165, 1.54) is 28.4 Å². The molecule has 0 spiro atoms. The number of nitriles is 1. The molecule has 2 saturated carbocycles. The molecule has 1 aromatic rings. The van der Waals surface area contributed by atoms with E-state index < -0.39 is 28.7 Å². The van der Waals surface area contributed by atoms with Crippen LogP contribution in [0.25, 0.3) is 0 Å². The van der Waals surface area contributed by atoms with Gasteiger partial charge in [-0.25, -0.2) is 0 Å². The Morgan fingerprint density at radius 1 is 1.09 bits per heavy atom. The zero-order chi connectivity index (χ0) is 32.6. The zero-order valence-electron chi connectivity index (χ0n) is 28.7. The summed E-state index contributed by atoms with van der Waals surface area (Å²) in [5.41, 5.74) is 1.21. The van der Waals surface area contributed by atoms with E-state index in [2.05, 4.69) is 132 Å². The molecule has 3 aliphatic rings. The number of nitrogens with zero attached hydrogens (tertiary/aromatic N) is 1. The molecule has 0 aliphatic heterocycles. The molecule has 244 valence electrons. The molecule has 1 N–H and O–H groups in total. The third-order valence-electron chi connectivity index (χ3n) is 11.3. The van der Waals surface area contributed by atoms with Gasteiger partial charge in [0.05, 0.1) is 30.3 Å². The van der Waals surface area contributed by atoms with Crippen molar-refractivity contribution in [1.82, 2.24) is 0 Å². The molecule has 7 heteroatoms. The van der Waals surface area contributed by atoms with E-state index in [4.69, 9.17) is 8.85 Å². The highest BCUT2D eigenvalue weighted by Gasteiger charge is 2.58. The predicted molar refractivity (Wildman–Crippen MR) is 196 cm³/mol. The molecule has 0 saturated heterocycles. The van der Waals surface area contributed by atoms with Crippen molar-refractivity contribution < 1.29 is 14.0 Å². The number of aliphatic hydroxyl groups excluding tert-OH is 1. The van der Waals surface area contributed by atoms with Gasteiger partial charge in [-0.1, -0.05) is 64.5 Å². The van der Waals surface area contributed by atoms with E-state index in [-0.39, 0.29) is 35.0 Å². The minimum Gasteiger partial charge on any atom is -0.414 e. The number of aliphatic hydroxyl groups is 1. The van der Waals surface area contributed by atoms with Crippen molar-refractivity contribution in [3.63, 3.8) is 0 Å². The van der Waals surface area contributed by atoms with Crippen molar-refractivity contribution in [3.05, 3.63) is 58.2 Å². The smallest absolute Gasteiger partial charge is 0.192 e. The van der Waals surface area contributed by atoms with Crippen LogP contribution in [-0.2, 0) is 15.3 Å². The second-order valence-electron chi connectivity index (χ2n) is 16.7. The number of hydrogen-bond donors (Lipinski definition) is 1. The van der Waals surface area contributed by atoms with Crippen molar-refractivity contribution in [1.29, 1.82) is 5.26 Å². The van der Waals surface area contributed by atoms with Gasteiger partial charge in [-0.05, 0) is 133 Å². The summed E-state index contributed by atoms with van der Waals surface area (Å²) in [6.07, 6.45) is 10.8. The Labute approximate surface area is 284 Å². The molecule has 4 nitrogen and oxygen atoms in total. The number of benzene rings is 1. The Hall–Kier alpha value is -0.766. The Morgan fingerprint density at radius 3 is 2.32 bits per heavy atom. The molecule has 4 rings (SSSR count). The highest BCUT2D eigenvalue weighted by molar-refractivity contribution is 14.1. The summed E-state index contributed by atoms with van der Waals surface area (Å²) in [5, 5.41) is 23.2. The minimum absolute atomic E-state index is 0.0170. The van der Waals surface area contributed by atoms with Crippen molar-refractivity contribution in [2.45, 2.75) is 116 Å². The van der Waals surface area contributed by atoms with E-state index in [0.717, 1.165) is 12.3 Å². The summed E-state index contributed by atoms with van der Waals surface area (Å²) in [6.45, 7) is 24.9. The average Bonchev–Trinajstić information content (AvgIpc) is 3.22. The Kier molecular flexibility index (Phi) is 11.6. The molecule has 0 heterocycles. The minimum atomic E-state index is -2.13. The van der Waals surface area contributed by atoms with Crippen LogP contribution in [0.1, 0.15) is 58.9 Å². The third-order valence-corrected chi connectivity index (χ3v) is 17.5. The van der Waals surface area contributed by atoms with Crippen LogP contribution in [0, 0.1) is 62.2 Å². The standard InChI is InChI=1S/C37H58INO3Si2/c1-11-26-15-19-30-32-20-24(2)12-18-31(32)36(42-43(6,7)8)34(30)33(26)35(40)27(23-39)22-29(41-44(9,10)37(3,4)5)21-25-13-16-28(38)17-14-25/h11,13-17,19,24,26-27,29-36,40H,1,12,18,20-22H2,2-10H3/t24-,26+,27?,29-,30+,31-,32+,33+,34+,35?,36+/m1/s1. The van der Waals surface area contributed by atoms with E-state index in [9.17, 15) is 10.4 Å². The summed E-state index contributed by atoms with van der Waals surface area (Å²) in [7, 11) is -3.98. The fourth-order valence-corrected chi connectivity index (χ4v) is 11.1. The van der Waals surface area contributed by atoms with E-state index >= 15 is 0 Å². The molecule has 11 atom stereocenters. The lowest BCUT2D eigenvalue weighted by molar-refractivity contribution is -0.0316. The number of rotatable bonds is 11. The molecule has 2 fully saturated rings. The summed E-state index contributed by atoms with van der Waals surface area (Å²) in [6, 6.07) is 11.2. The first-order chi connectivity index (χ1) is 20.5. The Bertz CT molecular complexity index is 1200. The van der Waals surface area contributed by atoms with Gasteiger partial charge < -0.3 is 14.0 Å². The fraction of sp³-hybridized carbons (Fsp3) is 0.703. The fourth-order valence-electron chi connectivity index (χ4n) is 8.21. The maximum atomic E-state index is 12.4. The Morgan fingerprint density at radius 2 is 1.75 bits per heavy atom. The summed E-state index contributed by atoms with van der Waals surface area (Å²) in [5.74, 6) is 1.77. The van der Waals surface area contributed by atoms with Gasteiger partial charge in [-0.2, -0.15) is 5.26 Å². The van der Waals surface area contributed by atoms with Crippen LogP contribution in [0.2, 0.25) is 37.8 Å². The number of hydrogen-bond acceptors (Lipinski definition) is 4. The second-order valence-corrected chi connectivity index (χ2v) is 27.1. The van der Waals surface area contributed by atoms with E-state index in [0.29, 0.717) is 24.2 Å². The average molecular weight is 748 g/mol. The van der Waals surface area contributed by atoms with Gasteiger partial charge in [-0.3, -0.25) is 0 Å². The maximum absolute atomic E-state index is 12.4. The molecule has 0 amide bonds. The molecular formula is C37H58INO3Si2. The van der Waals surface area contributed by atoms with E-state index in [1.54, 1.807) is 0 Å². The summed E-state index contributed by atoms with van der Waals surface area (Å²) < 4.78 is 15.3. The molecule has 0 bridgehead atoms. The molecule has 0 radical (unpaired) electrons. The first-order valence-electron chi connectivity index (χ1n) is 16.9. The summed E-state index contributed by atoms with van der Waals surface area (Å²) >= 11 is 2.34. The van der Waals surface area contributed by atoms with E-state index in [1.807, 2.05) is 6.08 Å². The number of allylic oxidation sites excluding steroid dienone is 3. The Balaban J connectivity index is 1.68. The van der Waals surface area contributed by atoms with Gasteiger partial charge in [0, 0.05) is 15.4 Å². The third kappa shape index (κ3) is 8.20. The first kappa shape index (κ1) is 36.1. The largest absolute Gasteiger partial charge is 0.414 e. The van der Waals surface area contributed by atoms with Crippen molar-refractivity contribution in [3.8, 4) is 6.07 Å². The maximum Gasteiger partial charge on any atom is 0.192 e. The van der Waals surface area contributed by atoms with Crippen LogP contribution in [0.3, 0.4) is 0 Å². The SMILES string of the molecule is C=C[C@H]1C=C[C@H]2[C@@H]3C[C@H](C)CC[C@H]3[C@H](O[Si](C)(C)C)[C@@H]2[C@H]1C(O)C(C#N)C[C@@H](Cc1ccc(I)cc1)O[Si](C)(C)C(C)(C)C. The van der Waals surface area contributed by atoms with Gasteiger partial charge in [0.25, 0.3) is 0 Å². The molecule has 0 aromatic heterocycles. The van der Waals surface area contributed by atoms with Gasteiger partial charge in [0.2, 0.25) is 0 Å². The van der Waals surface area contributed by atoms with Crippen LogP contribution >= 0.6 is 22.6 Å². The first-order valence-corrected chi connectivity index (χ1v) is 24.3. The molecular weight excluding hydrogens is 689 g/mol. The van der Waals surface area contributed by atoms with Crippen LogP contribution in [0.15, 0.2) is 49.1 Å². The summed E-state index contributed by atoms with van der Waals surface area (Å²) in [4.78, 5) is 0. The highest BCUT2D eigenvalue weighted by atomic mass is 127. The quantitative estimate of drug-likeness (QED) is 0.139. The van der Waals surface area contributed by atoms with Gasteiger partial charge in [0.15, 0.2) is 16.6 Å². The van der Waals surface area contributed by atoms with Crippen molar-refractivity contribution in [2.24, 2.45) is 47.3 Å². The zero-order valence-corrected chi connectivity index (χ0v) is 32.9. The van der Waals surface area contributed by atoms with Gasteiger partial charge >= 0.3 is 0 Å². The highest BCUT2D eigenvalue weighted by Crippen LogP contribution is 2.58. The lowest BCUT2D eigenvalue weighted by atomic mass is 9.64.